The number of nitrogens with zero attached hydrogens (tertiary/aromatic N) is 3. The van der Waals surface area contributed by atoms with E-state index in [-0.39, 0.29) is 26.7 Å². The van der Waals surface area contributed by atoms with Crippen LogP contribution in [0, 0.1) is 0 Å². The summed E-state index contributed by atoms with van der Waals surface area (Å²) in [5.74, 6) is -1.21. The fourth-order valence-corrected chi connectivity index (χ4v) is 4.88. The highest BCUT2D eigenvalue weighted by Crippen LogP contribution is 2.49. The quantitative estimate of drug-likeness (QED) is 0.708. The zero-order valence-corrected chi connectivity index (χ0v) is 18.7. The van der Waals surface area contributed by atoms with Crippen molar-refractivity contribution in [1.82, 2.24) is 9.80 Å². The molecule has 2 aliphatic heterocycles. The van der Waals surface area contributed by atoms with Gasteiger partial charge in [0.2, 0.25) is 5.91 Å². The predicted octanol–water partition coefficient (Wildman–Crippen LogP) is 1.92. The second-order valence-corrected chi connectivity index (χ2v) is 8.82. The second-order valence-electron chi connectivity index (χ2n) is 8.01. The lowest BCUT2D eigenvalue weighted by atomic mass is 9.87. The largest absolute Gasteiger partial charge is 0.372 e. The Labute approximate surface area is 190 Å². The number of amides is 2. The first-order valence-corrected chi connectivity index (χ1v) is 10.8. The predicted molar refractivity (Wildman–Crippen MR) is 121 cm³/mol. The molecule has 1 saturated heterocycles. The number of hydrogen-bond donors (Lipinski definition) is 2. The average molecular weight is 463 g/mol. The van der Waals surface area contributed by atoms with Crippen molar-refractivity contribution in [2.45, 2.75) is 5.60 Å². The Kier molecular flexibility index (Phi) is 5.98. The van der Waals surface area contributed by atoms with Gasteiger partial charge < -0.3 is 20.6 Å². The van der Waals surface area contributed by atoms with Crippen molar-refractivity contribution in [3.8, 4) is 0 Å². The lowest BCUT2D eigenvalue weighted by Gasteiger charge is -2.33. The van der Waals surface area contributed by atoms with Gasteiger partial charge in [0.15, 0.2) is 5.60 Å². The van der Waals surface area contributed by atoms with Crippen molar-refractivity contribution in [2.24, 2.45) is 5.73 Å². The van der Waals surface area contributed by atoms with Crippen LogP contribution < -0.4 is 10.6 Å². The number of fused-ring (bicyclic) bond motifs is 1. The van der Waals surface area contributed by atoms with Gasteiger partial charge in [0, 0.05) is 61.0 Å². The Balaban J connectivity index is 1.76. The molecule has 0 radical (unpaired) electrons. The molecule has 2 aromatic carbocycles. The van der Waals surface area contributed by atoms with Gasteiger partial charge in [-0.3, -0.25) is 14.5 Å². The minimum Gasteiger partial charge on any atom is -0.372 e. The topological polar surface area (TPSA) is 90.1 Å². The number of anilines is 1. The molecule has 9 heteroatoms. The second kappa shape index (κ2) is 8.41. The molecule has 2 aromatic rings. The smallest absolute Gasteiger partial charge is 0.268 e. The van der Waals surface area contributed by atoms with Crippen molar-refractivity contribution < 1.29 is 14.7 Å². The number of carbonyl (C=O) groups is 2. The Bertz CT molecular complexity index is 1040. The molecule has 4 rings (SSSR count). The summed E-state index contributed by atoms with van der Waals surface area (Å²) in [6.45, 7) is 4.64. The van der Waals surface area contributed by atoms with Crippen LogP contribution in [0.25, 0.3) is 0 Å². The van der Waals surface area contributed by atoms with Gasteiger partial charge in [0.05, 0.1) is 10.7 Å². The molecule has 2 aliphatic rings. The number of primary amides is 1. The van der Waals surface area contributed by atoms with Gasteiger partial charge >= 0.3 is 0 Å². The molecule has 3 N–H and O–H groups in total. The minimum absolute atomic E-state index is 0.0872. The van der Waals surface area contributed by atoms with E-state index < -0.39 is 17.4 Å². The van der Waals surface area contributed by atoms with E-state index in [1.807, 2.05) is 0 Å². The van der Waals surface area contributed by atoms with E-state index in [2.05, 4.69) is 16.8 Å². The molecule has 1 fully saturated rings. The molecule has 0 saturated carbocycles. The Morgan fingerprint density at radius 2 is 1.77 bits per heavy atom. The maximum Gasteiger partial charge on any atom is 0.268 e. The maximum atomic E-state index is 13.6. The first kappa shape index (κ1) is 22.0. The van der Waals surface area contributed by atoms with Crippen LogP contribution in [0.1, 0.15) is 21.5 Å². The highest BCUT2D eigenvalue weighted by atomic mass is 35.5. The molecule has 0 aromatic heterocycles. The van der Waals surface area contributed by atoms with Gasteiger partial charge in [-0.25, -0.2) is 0 Å². The molecular weight excluding hydrogens is 439 g/mol. The Morgan fingerprint density at radius 1 is 1.10 bits per heavy atom. The third-order valence-electron chi connectivity index (χ3n) is 6.06. The number of aliphatic hydroxyl groups is 1. The van der Waals surface area contributed by atoms with Crippen molar-refractivity contribution >= 4 is 40.7 Å². The molecule has 0 aliphatic carbocycles. The van der Waals surface area contributed by atoms with Gasteiger partial charge in [0.25, 0.3) is 5.91 Å². The summed E-state index contributed by atoms with van der Waals surface area (Å²) < 4.78 is 0. The number of carbonyl (C=O) groups excluding carboxylic acids is 2. The molecule has 164 valence electrons. The van der Waals surface area contributed by atoms with E-state index in [9.17, 15) is 14.7 Å². The molecular formula is C22H24Cl2N4O3. The molecule has 0 bridgehead atoms. The number of piperazine rings is 1. The molecule has 7 nitrogen and oxygen atoms in total. The lowest BCUT2D eigenvalue weighted by Crippen LogP contribution is -2.48. The minimum atomic E-state index is -2.05. The van der Waals surface area contributed by atoms with Crippen molar-refractivity contribution in [3.63, 3.8) is 0 Å². The molecule has 1 unspecified atom stereocenters. The van der Waals surface area contributed by atoms with E-state index in [1.54, 1.807) is 24.3 Å². The molecule has 31 heavy (non-hydrogen) atoms. The number of hydrogen-bond acceptors (Lipinski definition) is 5. The van der Waals surface area contributed by atoms with Crippen LogP contribution in [0.15, 0.2) is 36.4 Å². The van der Waals surface area contributed by atoms with Crippen LogP contribution in [0.4, 0.5) is 5.69 Å². The molecule has 2 heterocycles. The maximum absolute atomic E-state index is 13.6. The van der Waals surface area contributed by atoms with Gasteiger partial charge in [-0.15, -0.1) is 0 Å². The van der Waals surface area contributed by atoms with E-state index in [0.29, 0.717) is 18.8 Å². The standard InChI is InChI=1S/C22H24Cl2N4O3/c1-26-6-8-27(9-7-26)10-11-28-18-13-14(20(25)29)12-17(24)19(18)22(31,21(28)30)15-4-2-3-5-16(15)23/h2-5,12-13,31H,6-11H2,1H3,(H2,25,29). The number of rotatable bonds is 5. The summed E-state index contributed by atoms with van der Waals surface area (Å²) in [7, 11) is 2.08. The average Bonchev–Trinajstić information content (AvgIpc) is 2.96. The number of nitrogens with two attached hydrogens (primary N) is 1. The van der Waals surface area contributed by atoms with Gasteiger partial charge in [-0.2, -0.15) is 0 Å². The third kappa shape index (κ3) is 3.81. The summed E-state index contributed by atoms with van der Waals surface area (Å²) in [6, 6.07) is 9.53. The van der Waals surface area contributed by atoms with Crippen LogP contribution >= 0.6 is 23.2 Å². The Morgan fingerprint density at radius 3 is 2.42 bits per heavy atom. The molecule has 2 amide bonds. The molecule has 0 spiro atoms. The van der Waals surface area contributed by atoms with Gasteiger partial charge in [-0.1, -0.05) is 41.4 Å². The van der Waals surface area contributed by atoms with Crippen LogP contribution in [-0.2, 0) is 10.4 Å². The highest BCUT2D eigenvalue weighted by molar-refractivity contribution is 6.35. The molecule has 1 atom stereocenters. The zero-order chi connectivity index (χ0) is 22.3. The lowest BCUT2D eigenvalue weighted by molar-refractivity contribution is -0.132. The fraction of sp³-hybridized carbons (Fsp3) is 0.364. The highest BCUT2D eigenvalue weighted by Gasteiger charge is 2.53. The van der Waals surface area contributed by atoms with Crippen LogP contribution in [0.3, 0.4) is 0 Å². The van der Waals surface area contributed by atoms with Crippen molar-refractivity contribution in [3.05, 3.63) is 63.1 Å². The van der Waals surface area contributed by atoms with Crippen LogP contribution in [-0.4, -0.2) is 73.0 Å². The first-order valence-electron chi connectivity index (χ1n) is 10.1. The first-order chi connectivity index (χ1) is 14.7. The summed E-state index contributed by atoms with van der Waals surface area (Å²) in [4.78, 5) is 31.4. The number of likely N-dealkylation sites (N-methyl/N-ethyl adjacent to an activating group) is 1. The van der Waals surface area contributed by atoms with Crippen molar-refractivity contribution in [1.29, 1.82) is 0 Å². The monoisotopic (exact) mass is 462 g/mol. The summed E-state index contributed by atoms with van der Waals surface area (Å²) in [6.07, 6.45) is 0. The fourth-order valence-electron chi connectivity index (χ4n) is 4.26. The SMILES string of the molecule is CN1CCN(CCN2C(=O)C(O)(c3ccccc3Cl)c3c(Cl)cc(C(N)=O)cc32)CC1. The summed E-state index contributed by atoms with van der Waals surface area (Å²) in [5, 5.41) is 12.1. The third-order valence-corrected chi connectivity index (χ3v) is 6.69. The van der Waals surface area contributed by atoms with E-state index in [0.717, 1.165) is 26.2 Å². The van der Waals surface area contributed by atoms with Crippen LogP contribution in [0.5, 0.6) is 0 Å². The Hall–Kier alpha value is -2.16. The van der Waals surface area contributed by atoms with Crippen LogP contribution in [0.2, 0.25) is 10.0 Å². The van der Waals surface area contributed by atoms with Gasteiger partial charge in [0.1, 0.15) is 0 Å². The summed E-state index contributed by atoms with van der Waals surface area (Å²) >= 11 is 12.9. The van der Waals surface area contributed by atoms with E-state index in [4.69, 9.17) is 28.9 Å². The zero-order valence-electron chi connectivity index (χ0n) is 17.1. The number of benzene rings is 2. The normalized spacial score (nSPS) is 22.1. The summed E-state index contributed by atoms with van der Waals surface area (Å²) in [5.41, 5.74) is 4.43. The number of halogens is 2. The van der Waals surface area contributed by atoms with Gasteiger partial charge in [-0.05, 0) is 25.2 Å². The van der Waals surface area contributed by atoms with E-state index >= 15 is 0 Å². The van der Waals surface area contributed by atoms with E-state index in [1.165, 1.54) is 17.0 Å². The van der Waals surface area contributed by atoms with Crippen molar-refractivity contribution in [2.75, 3.05) is 51.2 Å².